The van der Waals surface area contributed by atoms with Gasteiger partial charge in [0.05, 0.1) is 0 Å². The van der Waals surface area contributed by atoms with E-state index in [2.05, 4.69) is 20.4 Å². The molecule has 2 nitrogen and oxygen atoms in total. The van der Waals surface area contributed by atoms with Gasteiger partial charge in [0.15, 0.2) is 0 Å². The van der Waals surface area contributed by atoms with Crippen LogP contribution in [0, 0.1) is 5.92 Å². The molecule has 0 amide bonds. The minimum absolute atomic E-state index is 0.531. The Bertz CT molecular complexity index is 188. The van der Waals surface area contributed by atoms with Crippen LogP contribution in [0.4, 0.5) is 0 Å². The predicted octanol–water partition coefficient (Wildman–Crippen LogP) is 4.10. The highest BCUT2D eigenvalue weighted by Gasteiger charge is 2.35. The Morgan fingerprint density at radius 2 is 1.69 bits per heavy atom. The first-order valence-corrected chi connectivity index (χ1v) is 9.17. The Kier molecular flexibility index (Phi) is 6.01. The van der Waals surface area contributed by atoms with E-state index in [9.17, 15) is 0 Å². The van der Waals surface area contributed by atoms with E-state index in [1.165, 1.54) is 38.5 Å². The second kappa shape index (κ2) is 6.77. The van der Waals surface area contributed by atoms with Crippen LogP contribution in [-0.4, -0.2) is 22.3 Å². The zero-order valence-corrected chi connectivity index (χ0v) is 12.4. The molecule has 0 N–H and O–H groups in total. The molecule has 16 heavy (non-hydrogen) atoms. The molecule has 0 aromatic heterocycles. The molecule has 0 bridgehead atoms. The molecule has 0 heterocycles. The molecule has 0 spiro atoms. The van der Waals surface area contributed by atoms with Crippen molar-refractivity contribution in [1.29, 1.82) is 0 Å². The minimum Gasteiger partial charge on any atom is -0.398 e. The molecule has 0 aromatic carbocycles. The van der Waals surface area contributed by atoms with Gasteiger partial charge in [-0.3, -0.25) is 0 Å². The average molecular weight is 244 g/mol. The van der Waals surface area contributed by atoms with Gasteiger partial charge in [0.25, 0.3) is 0 Å². The third-order valence-corrected chi connectivity index (χ3v) is 7.68. The highest BCUT2D eigenvalue weighted by Crippen LogP contribution is 2.27. The lowest BCUT2D eigenvalue weighted by Gasteiger charge is -2.30. The van der Waals surface area contributed by atoms with Gasteiger partial charge in [-0.15, -0.1) is 0 Å². The third-order valence-electron chi connectivity index (χ3n) is 4.03. The standard InChI is InChI=1S/C13H28O2Si/c1-12(2)16(4,14-3)15-11-13-9-7-5-6-8-10-13/h12-13H,5-11H2,1-4H3. The van der Waals surface area contributed by atoms with Crippen molar-refractivity contribution in [3.63, 3.8) is 0 Å². The predicted molar refractivity (Wildman–Crippen MR) is 70.9 cm³/mol. The molecule has 1 fully saturated rings. The maximum atomic E-state index is 6.15. The Hall–Kier alpha value is 0.137. The molecule has 1 saturated carbocycles. The molecule has 96 valence electrons. The molecule has 1 aliphatic rings. The second-order valence-electron chi connectivity index (χ2n) is 5.54. The Morgan fingerprint density at radius 1 is 1.12 bits per heavy atom. The van der Waals surface area contributed by atoms with Crippen LogP contribution in [0.25, 0.3) is 0 Å². The van der Waals surface area contributed by atoms with Crippen LogP contribution in [0.15, 0.2) is 0 Å². The molecular weight excluding hydrogens is 216 g/mol. The highest BCUT2D eigenvalue weighted by molar-refractivity contribution is 6.67. The van der Waals surface area contributed by atoms with Crippen LogP contribution < -0.4 is 0 Å². The summed E-state index contributed by atoms with van der Waals surface area (Å²) in [6.45, 7) is 7.54. The topological polar surface area (TPSA) is 18.5 Å². The van der Waals surface area contributed by atoms with E-state index in [-0.39, 0.29) is 0 Å². The Morgan fingerprint density at radius 3 is 2.12 bits per heavy atom. The van der Waals surface area contributed by atoms with Crippen LogP contribution in [-0.2, 0) is 8.85 Å². The van der Waals surface area contributed by atoms with Gasteiger partial charge in [0.1, 0.15) is 0 Å². The van der Waals surface area contributed by atoms with Crippen molar-refractivity contribution >= 4 is 8.56 Å². The van der Waals surface area contributed by atoms with Gasteiger partial charge in [0, 0.05) is 13.7 Å². The maximum Gasteiger partial charge on any atom is 0.337 e. The molecule has 0 aliphatic heterocycles. The number of rotatable bonds is 5. The van der Waals surface area contributed by atoms with Crippen molar-refractivity contribution in [1.82, 2.24) is 0 Å². The molecule has 0 aromatic rings. The van der Waals surface area contributed by atoms with E-state index in [1.807, 2.05) is 0 Å². The van der Waals surface area contributed by atoms with Crippen molar-refractivity contribution in [3.05, 3.63) is 0 Å². The quantitative estimate of drug-likeness (QED) is 0.535. The summed E-state index contributed by atoms with van der Waals surface area (Å²) in [6.07, 6.45) is 8.32. The first kappa shape index (κ1) is 14.2. The summed E-state index contributed by atoms with van der Waals surface area (Å²) in [7, 11) is -0.0963. The van der Waals surface area contributed by atoms with Crippen LogP contribution in [0.5, 0.6) is 0 Å². The van der Waals surface area contributed by atoms with E-state index in [0.29, 0.717) is 5.54 Å². The lowest BCUT2D eigenvalue weighted by molar-refractivity contribution is 0.158. The van der Waals surface area contributed by atoms with Gasteiger partial charge in [-0.2, -0.15) is 0 Å². The van der Waals surface area contributed by atoms with Crippen molar-refractivity contribution in [2.45, 2.75) is 64.5 Å². The molecule has 0 saturated heterocycles. The van der Waals surface area contributed by atoms with Gasteiger partial charge in [-0.1, -0.05) is 39.5 Å². The van der Waals surface area contributed by atoms with E-state index >= 15 is 0 Å². The average Bonchev–Trinajstić information content (AvgIpc) is 2.54. The minimum atomic E-state index is -1.90. The summed E-state index contributed by atoms with van der Waals surface area (Å²) in [5, 5.41) is 0. The normalized spacial score (nSPS) is 23.1. The summed E-state index contributed by atoms with van der Waals surface area (Å²) in [4.78, 5) is 0. The molecule has 1 aliphatic carbocycles. The SMILES string of the molecule is CO[Si](C)(OCC1CCCCCC1)C(C)C. The van der Waals surface area contributed by atoms with Crippen molar-refractivity contribution in [3.8, 4) is 0 Å². The molecule has 0 radical (unpaired) electrons. The fourth-order valence-electron chi connectivity index (χ4n) is 2.28. The maximum absolute atomic E-state index is 6.15. The number of hydrogen-bond donors (Lipinski definition) is 0. The van der Waals surface area contributed by atoms with E-state index < -0.39 is 8.56 Å². The van der Waals surface area contributed by atoms with Gasteiger partial charge >= 0.3 is 8.56 Å². The fraction of sp³-hybridized carbons (Fsp3) is 1.00. The lowest BCUT2D eigenvalue weighted by Crippen LogP contribution is -2.42. The largest absolute Gasteiger partial charge is 0.398 e. The smallest absolute Gasteiger partial charge is 0.337 e. The number of hydrogen-bond acceptors (Lipinski definition) is 2. The van der Waals surface area contributed by atoms with Crippen molar-refractivity contribution in [2.75, 3.05) is 13.7 Å². The second-order valence-corrected chi connectivity index (χ2v) is 9.43. The van der Waals surface area contributed by atoms with Gasteiger partial charge in [-0.05, 0) is 30.8 Å². The third kappa shape index (κ3) is 4.19. The van der Waals surface area contributed by atoms with E-state index in [4.69, 9.17) is 8.85 Å². The fourth-order valence-corrected chi connectivity index (χ4v) is 3.76. The summed E-state index contributed by atoms with van der Waals surface area (Å²) in [5.74, 6) is 0.781. The van der Waals surface area contributed by atoms with Crippen LogP contribution in [0.2, 0.25) is 12.1 Å². The molecule has 1 rings (SSSR count). The summed E-state index contributed by atoms with van der Waals surface area (Å²) in [5.41, 5.74) is 0.531. The summed E-state index contributed by atoms with van der Waals surface area (Å²) in [6, 6.07) is 0. The first-order chi connectivity index (χ1) is 7.58. The molecule has 1 unspecified atom stereocenters. The molecular formula is C13H28O2Si. The Labute approximate surface area is 102 Å². The lowest BCUT2D eigenvalue weighted by atomic mass is 10.0. The van der Waals surface area contributed by atoms with Crippen molar-refractivity contribution in [2.24, 2.45) is 5.92 Å². The van der Waals surface area contributed by atoms with E-state index in [1.54, 1.807) is 7.11 Å². The summed E-state index contributed by atoms with van der Waals surface area (Å²) >= 11 is 0. The van der Waals surface area contributed by atoms with Crippen LogP contribution in [0.3, 0.4) is 0 Å². The molecule has 1 atom stereocenters. The molecule has 3 heteroatoms. The monoisotopic (exact) mass is 244 g/mol. The van der Waals surface area contributed by atoms with Gasteiger partial charge < -0.3 is 8.85 Å². The van der Waals surface area contributed by atoms with Crippen molar-refractivity contribution < 1.29 is 8.85 Å². The highest BCUT2D eigenvalue weighted by atomic mass is 28.4. The Balaban J connectivity index is 2.36. The van der Waals surface area contributed by atoms with Crippen LogP contribution >= 0.6 is 0 Å². The van der Waals surface area contributed by atoms with Crippen LogP contribution in [0.1, 0.15) is 52.4 Å². The van der Waals surface area contributed by atoms with Gasteiger partial charge in [0.2, 0.25) is 0 Å². The summed E-state index contributed by atoms with van der Waals surface area (Å²) < 4.78 is 11.8. The first-order valence-electron chi connectivity index (χ1n) is 6.77. The zero-order valence-electron chi connectivity index (χ0n) is 11.4. The van der Waals surface area contributed by atoms with E-state index in [0.717, 1.165) is 12.5 Å². The zero-order chi connectivity index (χ0) is 12.0. The van der Waals surface area contributed by atoms with Gasteiger partial charge in [-0.25, -0.2) is 0 Å².